The molecule has 1 aromatic heterocycles. The summed E-state index contributed by atoms with van der Waals surface area (Å²) >= 11 is 0. The SMILES string of the molecule is CC(C)CNCc1ccc(CN2CCCC2C(C)C)o1. The van der Waals surface area contributed by atoms with Crippen LogP contribution in [0.25, 0.3) is 0 Å². The van der Waals surface area contributed by atoms with Gasteiger partial charge in [0.05, 0.1) is 13.1 Å². The van der Waals surface area contributed by atoms with Gasteiger partial charge in [0, 0.05) is 6.04 Å². The lowest BCUT2D eigenvalue weighted by atomic mass is 10.0. The van der Waals surface area contributed by atoms with Crippen LogP contribution in [-0.4, -0.2) is 24.0 Å². The molecule has 20 heavy (non-hydrogen) atoms. The minimum absolute atomic E-state index is 0.681. The molecule has 0 bridgehead atoms. The maximum Gasteiger partial charge on any atom is 0.118 e. The summed E-state index contributed by atoms with van der Waals surface area (Å²) in [5, 5.41) is 3.43. The van der Waals surface area contributed by atoms with E-state index in [1.54, 1.807) is 0 Å². The van der Waals surface area contributed by atoms with Gasteiger partial charge in [0.2, 0.25) is 0 Å². The third kappa shape index (κ3) is 4.35. The molecule has 1 N–H and O–H groups in total. The Morgan fingerprint density at radius 1 is 1.25 bits per heavy atom. The van der Waals surface area contributed by atoms with Gasteiger partial charge < -0.3 is 9.73 Å². The zero-order valence-corrected chi connectivity index (χ0v) is 13.5. The van der Waals surface area contributed by atoms with Crippen molar-refractivity contribution in [3.8, 4) is 0 Å². The van der Waals surface area contributed by atoms with E-state index < -0.39 is 0 Å². The number of furan rings is 1. The molecular weight excluding hydrogens is 248 g/mol. The Morgan fingerprint density at radius 2 is 2.00 bits per heavy atom. The summed E-state index contributed by atoms with van der Waals surface area (Å²) in [7, 11) is 0. The van der Waals surface area contributed by atoms with Crippen LogP contribution in [0.1, 0.15) is 52.1 Å². The molecule has 0 aliphatic carbocycles. The van der Waals surface area contributed by atoms with Gasteiger partial charge in [-0.3, -0.25) is 4.90 Å². The molecule has 1 fully saturated rings. The molecule has 0 saturated carbocycles. The summed E-state index contributed by atoms with van der Waals surface area (Å²) in [6.45, 7) is 13.2. The first-order valence-electron chi connectivity index (χ1n) is 8.08. The standard InChI is InChI=1S/C17H30N2O/c1-13(2)10-18-11-15-7-8-16(20-15)12-19-9-5-6-17(19)14(3)4/h7-8,13-14,17-18H,5-6,9-12H2,1-4H3. The van der Waals surface area contributed by atoms with E-state index in [0.29, 0.717) is 5.92 Å². The van der Waals surface area contributed by atoms with Gasteiger partial charge in [0.1, 0.15) is 11.5 Å². The van der Waals surface area contributed by atoms with Gasteiger partial charge in [-0.1, -0.05) is 27.7 Å². The second-order valence-electron chi connectivity index (χ2n) is 6.82. The molecule has 0 amide bonds. The lowest BCUT2D eigenvalue weighted by Gasteiger charge is -2.26. The van der Waals surface area contributed by atoms with E-state index in [2.05, 4.69) is 50.0 Å². The maximum atomic E-state index is 5.95. The van der Waals surface area contributed by atoms with Crippen LogP contribution in [0.3, 0.4) is 0 Å². The van der Waals surface area contributed by atoms with Crippen LogP contribution >= 0.6 is 0 Å². The van der Waals surface area contributed by atoms with Crippen molar-refractivity contribution in [3.63, 3.8) is 0 Å². The first-order valence-corrected chi connectivity index (χ1v) is 8.08. The Kier molecular flexibility index (Phi) is 5.67. The topological polar surface area (TPSA) is 28.4 Å². The second-order valence-corrected chi connectivity index (χ2v) is 6.82. The van der Waals surface area contributed by atoms with Crippen molar-refractivity contribution >= 4 is 0 Å². The molecule has 1 saturated heterocycles. The third-order valence-corrected chi connectivity index (χ3v) is 4.11. The lowest BCUT2D eigenvalue weighted by molar-refractivity contribution is 0.184. The zero-order chi connectivity index (χ0) is 14.5. The molecule has 2 heterocycles. The fourth-order valence-electron chi connectivity index (χ4n) is 3.09. The van der Waals surface area contributed by atoms with Gasteiger partial charge in [0.25, 0.3) is 0 Å². The van der Waals surface area contributed by atoms with E-state index in [0.717, 1.165) is 43.1 Å². The summed E-state index contributed by atoms with van der Waals surface area (Å²) in [6, 6.07) is 4.98. The Balaban J connectivity index is 1.83. The Hall–Kier alpha value is -0.800. The predicted molar refractivity (Wildman–Crippen MR) is 83.5 cm³/mol. The van der Waals surface area contributed by atoms with E-state index >= 15 is 0 Å². The minimum Gasteiger partial charge on any atom is -0.463 e. The molecule has 3 nitrogen and oxygen atoms in total. The zero-order valence-electron chi connectivity index (χ0n) is 13.5. The summed E-state index contributed by atoms with van der Waals surface area (Å²) in [6.07, 6.45) is 2.66. The second kappa shape index (κ2) is 7.28. The first-order chi connectivity index (χ1) is 9.56. The smallest absolute Gasteiger partial charge is 0.118 e. The van der Waals surface area contributed by atoms with Gasteiger partial charge in [-0.25, -0.2) is 0 Å². The highest BCUT2D eigenvalue weighted by molar-refractivity contribution is 5.07. The lowest BCUT2D eigenvalue weighted by Crippen LogP contribution is -2.32. The number of hydrogen-bond acceptors (Lipinski definition) is 3. The maximum absolute atomic E-state index is 5.95. The van der Waals surface area contributed by atoms with E-state index in [1.807, 2.05) is 0 Å². The molecule has 1 aliphatic rings. The predicted octanol–water partition coefficient (Wildman–Crippen LogP) is 3.65. The number of nitrogens with one attached hydrogen (secondary N) is 1. The number of likely N-dealkylation sites (tertiary alicyclic amines) is 1. The van der Waals surface area contributed by atoms with E-state index in [1.165, 1.54) is 19.4 Å². The van der Waals surface area contributed by atoms with E-state index in [9.17, 15) is 0 Å². The van der Waals surface area contributed by atoms with E-state index in [4.69, 9.17) is 4.42 Å². The van der Waals surface area contributed by atoms with Crippen LogP contribution < -0.4 is 5.32 Å². The molecule has 1 aliphatic heterocycles. The summed E-state index contributed by atoms with van der Waals surface area (Å²) in [5.41, 5.74) is 0. The van der Waals surface area contributed by atoms with Crippen molar-refractivity contribution in [2.24, 2.45) is 11.8 Å². The molecule has 1 atom stereocenters. The highest BCUT2D eigenvalue weighted by atomic mass is 16.3. The minimum atomic E-state index is 0.681. The van der Waals surface area contributed by atoms with Gasteiger partial charge in [-0.2, -0.15) is 0 Å². The highest BCUT2D eigenvalue weighted by Crippen LogP contribution is 2.25. The monoisotopic (exact) mass is 278 g/mol. The van der Waals surface area contributed by atoms with Crippen molar-refractivity contribution in [2.75, 3.05) is 13.1 Å². The molecular formula is C17H30N2O. The van der Waals surface area contributed by atoms with Crippen molar-refractivity contribution in [1.29, 1.82) is 0 Å². The number of hydrogen-bond donors (Lipinski definition) is 1. The third-order valence-electron chi connectivity index (χ3n) is 4.11. The Morgan fingerprint density at radius 3 is 2.70 bits per heavy atom. The van der Waals surface area contributed by atoms with Crippen LogP contribution in [-0.2, 0) is 13.1 Å². The Bertz CT molecular complexity index is 397. The molecule has 0 spiro atoms. The van der Waals surface area contributed by atoms with Crippen LogP contribution in [0.15, 0.2) is 16.5 Å². The average Bonchev–Trinajstić information content (AvgIpc) is 2.99. The Labute approximate surface area is 123 Å². The van der Waals surface area contributed by atoms with Crippen LogP contribution in [0.5, 0.6) is 0 Å². The quantitative estimate of drug-likeness (QED) is 0.825. The van der Waals surface area contributed by atoms with Gasteiger partial charge in [-0.05, 0) is 49.9 Å². The van der Waals surface area contributed by atoms with Gasteiger partial charge >= 0.3 is 0 Å². The molecule has 114 valence electrons. The first kappa shape index (κ1) is 15.6. The fraction of sp³-hybridized carbons (Fsp3) is 0.765. The van der Waals surface area contributed by atoms with Crippen LogP contribution in [0, 0.1) is 11.8 Å². The number of nitrogens with zero attached hydrogens (tertiary/aromatic N) is 1. The molecule has 1 unspecified atom stereocenters. The van der Waals surface area contributed by atoms with Crippen LogP contribution in [0.4, 0.5) is 0 Å². The van der Waals surface area contributed by atoms with Crippen molar-refractivity contribution < 1.29 is 4.42 Å². The summed E-state index contributed by atoms with van der Waals surface area (Å²) in [5.74, 6) is 3.58. The molecule has 1 aromatic rings. The summed E-state index contributed by atoms with van der Waals surface area (Å²) < 4.78 is 5.95. The van der Waals surface area contributed by atoms with E-state index in [-0.39, 0.29) is 0 Å². The molecule has 0 radical (unpaired) electrons. The van der Waals surface area contributed by atoms with Crippen molar-refractivity contribution in [2.45, 2.75) is 59.7 Å². The van der Waals surface area contributed by atoms with Crippen molar-refractivity contribution in [1.82, 2.24) is 10.2 Å². The van der Waals surface area contributed by atoms with Crippen LogP contribution in [0.2, 0.25) is 0 Å². The molecule has 2 rings (SSSR count). The largest absolute Gasteiger partial charge is 0.463 e. The molecule has 3 heteroatoms. The molecule has 0 aromatic carbocycles. The normalized spacial score (nSPS) is 20.4. The highest BCUT2D eigenvalue weighted by Gasteiger charge is 2.27. The van der Waals surface area contributed by atoms with Gasteiger partial charge in [-0.15, -0.1) is 0 Å². The average molecular weight is 278 g/mol. The number of rotatable bonds is 7. The fourth-order valence-corrected chi connectivity index (χ4v) is 3.09. The summed E-state index contributed by atoms with van der Waals surface area (Å²) in [4.78, 5) is 2.58. The van der Waals surface area contributed by atoms with Gasteiger partial charge in [0.15, 0.2) is 0 Å². The van der Waals surface area contributed by atoms with Crippen molar-refractivity contribution in [3.05, 3.63) is 23.7 Å².